The molecule has 1 heterocycles. The first-order valence-corrected chi connectivity index (χ1v) is 16.8. The Kier molecular flexibility index (Phi) is 4.97. The molecule has 0 amide bonds. The lowest BCUT2D eigenvalue weighted by molar-refractivity contribution is 0.666. The fourth-order valence-corrected chi connectivity index (χ4v) is 8.93. The fraction of sp³-hybridized carbons (Fsp3) is 0.0638. The van der Waals surface area contributed by atoms with E-state index in [1.54, 1.807) is 0 Å². The maximum atomic E-state index is 6.15. The Labute approximate surface area is 278 Å². The molecule has 1 heteroatoms. The first kappa shape index (κ1) is 26.2. The average molecular weight is 611 g/mol. The normalized spacial score (nSPS) is 13.8. The zero-order valence-corrected chi connectivity index (χ0v) is 26.8. The lowest BCUT2D eigenvalue weighted by Crippen LogP contribution is -2.15. The van der Waals surface area contributed by atoms with Crippen molar-refractivity contribution in [3.05, 3.63) is 157 Å². The minimum absolute atomic E-state index is 0.153. The predicted molar refractivity (Wildman–Crippen MR) is 203 cm³/mol. The molecule has 0 saturated carbocycles. The molecule has 0 bridgehead atoms. The maximum Gasteiger partial charge on any atom is 0.135 e. The Morgan fingerprint density at radius 1 is 0.396 bits per heavy atom. The van der Waals surface area contributed by atoms with Crippen LogP contribution < -0.4 is 0 Å². The van der Waals surface area contributed by atoms with Crippen molar-refractivity contribution >= 4 is 65.0 Å². The van der Waals surface area contributed by atoms with Crippen molar-refractivity contribution < 1.29 is 4.42 Å². The predicted octanol–water partition coefficient (Wildman–Crippen LogP) is 13.3. The summed E-state index contributed by atoms with van der Waals surface area (Å²) in [5, 5.41) is 12.9. The molecule has 0 atom stereocenters. The summed E-state index contributed by atoms with van der Waals surface area (Å²) in [6.45, 7) is 4.80. The van der Waals surface area contributed by atoms with Gasteiger partial charge in [0.15, 0.2) is 0 Å². The van der Waals surface area contributed by atoms with Crippen molar-refractivity contribution in [2.24, 2.45) is 0 Å². The topological polar surface area (TPSA) is 13.1 Å². The summed E-state index contributed by atoms with van der Waals surface area (Å²) < 4.78 is 6.15. The van der Waals surface area contributed by atoms with E-state index in [-0.39, 0.29) is 5.41 Å². The summed E-state index contributed by atoms with van der Waals surface area (Å²) >= 11 is 0. The summed E-state index contributed by atoms with van der Waals surface area (Å²) in [6.07, 6.45) is 0. The first-order valence-electron chi connectivity index (χ1n) is 16.8. The molecule has 10 aromatic rings. The fourth-order valence-electron chi connectivity index (χ4n) is 8.93. The highest BCUT2D eigenvalue weighted by atomic mass is 16.3. The lowest BCUT2D eigenvalue weighted by atomic mass is 9.79. The van der Waals surface area contributed by atoms with Crippen LogP contribution in [-0.2, 0) is 5.41 Å². The number of furan rings is 1. The van der Waals surface area contributed by atoms with E-state index in [2.05, 4.69) is 147 Å². The zero-order chi connectivity index (χ0) is 31.7. The summed E-state index contributed by atoms with van der Waals surface area (Å²) in [4.78, 5) is 0. The largest absolute Gasteiger partial charge is 0.456 e. The van der Waals surface area contributed by atoms with Gasteiger partial charge >= 0.3 is 0 Å². The Balaban J connectivity index is 1.06. The van der Waals surface area contributed by atoms with Crippen LogP contribution in [0.25, 0.3) is 98.4 Å². The van der Waals surface area contributed by atoms with Gasteiger partial charge in [0.25, 0.3) is 0 Å². The van der Waals surface area contributed by atoms with Crippen molar-refractivity contribution in [3.63, 3.8) is 0 Å². The number of rotatable bonds is 2. The number of fused-ring (bicyclic) bond motifs is 8. The van der Waals surface area contributed by atoms with E-state index in [4.69, 9.17) is 4.42 Å². The highest BCUT2D eigenvalue weighted by Gasteiger charge is 2.37. The SMILES string of the molecule is CC1(C)c2cc(-c3cc4ccc5cccc6ccc(c3)c4c56)ccc2-c2ccc3c(-c4ccc5oc6ccccc6c5c4)cccc3c21. The molecule has 1 nitrogen and oxygen atoms in total. The third kappa shape index (κ3) is 3.40. The van der Waals surface area contributed by atoms with E-state index < -0.39 is 0 Å². The van der Waals surface area contributed by atoms with Crippen LogP contribution in [-0.4, -0.2) is 0 Å². The van der Waals surface area contributed by atoms with Crippen LogP contribution in [0, 0.1) is 0 Å². The van der Waals surface area contributed by atoms with Crippen LogP contribution in [0.5, 0.6) is 0 Å². The number of para-hydroxylation sites is 1. The zero-order valence-electron chi connectivity index (χ0n) is 26.8. The lowest BCUT2D eigenvalue weighted by Gasteiger charge is -2.24. The van der Waals surface area contributed by atoms with Gasteiger partial charge in [-0.25, -0.2) is 0 Å². The van der Waals surface area contributed by atoms with Gasteiger partial charge in [0.2, 0.25) is 0 Å². The average Bonchev–Trinajstić information content (AvgIpc) is 3.61. The van der Waals surface area contributed by atoms with Gasteiger partial charge in [-0.15, -0.1) is 0 Å². The monoisotopic (exact) mass is 610 g/mol. The summed E-state index contributed by atoms with van der Waals surface area (Å²) in [5.74, 6) is 0. The molecule has 9 aromatic carbocycles. The second-order valence-electron chi connectivity index (χ2n) is 14.1. The van der Waals surface area contributed by atoms with Gasteiger partial charge < -0.3 is 4.42 Å². The van der Waals surface area contributed by atoms with Crippen LogP contribution in [0.15, 0.2) is 150 Å². The molecule has 1 aliphatic carbocycles. The van der Waals surface area contributed by atoms with Gasteiger partial charge in [-0.1, -0.05) is 123 Å². The summed E-state index contributed by atoms with van der Waals surface area (Å²) in [5.41, 5.74) is 12.2. The standard InChI is InChI=1S/C47H30O/c1-47(2)41-26-29(33-23-31-15-13-27-7-5-8-28-14-16-32(24-33)45(31)44(27)28)17-19-36(41)39-21-20-35-34(10-6-11-38(35)46(39)47)30-18-22-43-40(25-30)37-9-3-4-12-42(37)48-43/h3-26H,1-2H3. The molecule has 0 aliphatic heterocycles. The van der Waals surface area contributed by atoms with Gasteiger partial charge in [0.1, 0.15) is 11.2 Å². The summed E-state index contributed by atoms with van der Waals surface area (Å²) in [6, 6.07) is 54.0. The van der Waals surface area contributed by atoms with E-state index in [0.29, 0.717) is 0 Å². The molecule has 1 aromatic heterocycles. The van der Waals surface area contributed by atoms with Crippen molar-refractivity contribution in [2.45, 2.75) is 19.3 Å². The molecule has 0 spiro atoms. The Morgan fingerprint density at radius 3 is 1.90 bits per heavy atom. The number of benzene rings is 9. The Bertz CT molecular complexity index is 2910. The van der Waals surface area contributed by atoms with Crippen molar-refractivity contribution in [2.75, 3.05) is 0 Å². The molecule has 0 radical (unpaired) electrons. The van der Waals surface area contributed by atoms with Gasteiger partial charge in [0, 0.05) is 16.2 Å². The van der Waals surface area contributed by atoms with E-state index in [9.17, 15) is 0 Å². The number of hydrogen-bond acceptors (Lipinski definition) is 1. The van der Waals surface area contributed by atoms with Gasteiger partial charge in [0.05, 0.1) is 0 Å². The van der Waals surface area contributed by atoms with E-state index in [1.165, 1.54) is 87.6 Å². The molecule has 48 heavy (non-hydrogen) atoms. The van der Waals surface area contributed by atoms with E-state index >= 15 is 0 Å². The quantitative estimate of drug-likeness (QED) is 0.178. The van der Waals surface area contributed by atoms with Crippen LogP contribution in [0.3, 0.4) is 0 Å². The molecule has 0 unspecified atom stereocenters. The van der Waals surface area contributed by atoms with Gasteiger partial charge in [-0.05, 0) is 124 Å². The van der Waals surface area contributed by atoms with E-state index in [0.717, 1.165) is 21.9 Å². The number of hydrogen-bond donors (Lipinski definition) is 0. The minimum atomic E-state index is -0.153. The van der Waals surface area contributed by atoms with Gasteiger partial charge in [-0.2, -0.15) is 0 Å². The third-order valence-electron chi connectivity index (χ3n) is 11.2. The van der Waals surface area contributed by atoms with Crippen molar-refractivity contribution in [1.82, 2.24) is 0 Å². The highest BCUT2D eigenvalue weighted by molar-refractivity contribution is 6.23. The molecule has 0 N–H and O–H groups in total. The molecule has 0 fully saturated rings. The van der Waals surface area contributed by atoms with Crippen molar-refractivity contribution in [1.29, 1.82) is 0 Å². The van der Waals surface area contributed by atoms with Crippen LogP contribution in [0.4, 0.5) is 0 Å². The molecule has 1 aliphatic rings. The molecular formula is C47H30O. The van der Waals surface area contributed by atoms with Crippen LogP contribution >= 0.6 is 0 Å². The van der Waals surface area contributed by atoms with Crippen LogP contribution in [0.1, 0.15) is 25.0 Å². The smallest absolute Gasteiger partial charge is 0.135 e. The van der Waals surface area contributed by atoms with Crippen molar-refractivity contribution in [3.8, 4) is 33.4 Å². The highest BCUT2D eigenvalue weighted by Crippen LogP contribution is 2.53. The van der Waals surface area contributed by atoms with Crippen LogP contribution in [0.2, 0.25) is 0 Å². The second kappa shape index (κ2) is 9.12. The molecule has 11 rings (SSSR count). The first-order chi connectivity index (χ1) is 23.5. The maximum absolute atomic E-state index is 6.15. The Hall–Kier alpha value is -5.92. The molecular weight excluding hydrogens is 581 g/mol. The minimum Gasteiger partial charge on any atom is -0.456 e. The second-order valence-corrected chi connectivity index (χ2v) is 14.1. The van der Waals surface area contributed by atoms with Gasteiger partial charge in [-0.3, -0.25) is 0 Å². The molecule has 0 saturated heterocycles. The molecule has 224 valence electrons. The van der Waals surface area contributed by atoms with E-state index in [1.807, 2.05) is 12.1 Å². The Morgan fingerprint density at radius 2 is 1.06 bits per heavy atom. The summed E-state index contributed by atoms with van der Waals surface area (Å²) in [7, 11) is 0. The third-order valence-corrected chi connectivity index (χ3v) is 11.2.